The molecule has 3 heteroatoms. The maximum atomic E-state index is 4.47. The predicted octanol–water partition coefficient (Wildman–Crippen LogP) is 3.80. The van der Waals surface area contributed by atoms with Crippen molar-refractivity contribution >= 4 is 16.6 Å². The number of pyridine rings is 1. The molecule has 0 aliphatic carbocycles. The van der Waals surface area contributed by atoms with Crippen molar-refractivity contribution in [1.82, 2.24) is 9.55 Å². The predicted molar refractivity (Wildman–Crippen MR) is 84.0 cm³/mol. The molecule has 2 heterocycles. The van der Waals surface area contributed by atoms with Gasteiger partial charge in [-0.05, 0) is 37.6 Å². The molecule has 0 atom stereocenters. The highest BCUT2D eigenvalue weighted by Crippen LogP contribution is 2.22. The number of para-hydroxylation sites is 1. The molecular weight excluding hydrogens is 246 g/mol. The van der Waals surface area contributed by atoms with Crippen LogP contribution in [0.1, 0.15) is 17.0 Å². The fraction of sp³-hybridized carbons (Fsp3) is 0.235. The smallest absolute Gasteiger partial charge is 0.0933 e. The third kappa shape index (κ3) is 2.16. The molecule has 20 heavy (non-hydrogen) atoms. The molecule has 3 aromatic rings. The number of benzene rings is 1. The number of aromatic nitrogens is 2. The number of hydrogen-bond donors (Lipinski definition) is 1. The van der Waals surface area contributed by atoms with Gasteiger partial charge in [0, 0.05) is 36.6 Å². The van der Waals surface area contributed by atoms with Crippen molar-refractivity contribution < 1.29 is 0 Å². The van der Waals surface area contributed by atoms with Crippen molar-refractivity contribution in [1.29, 1.82) is 0 Å². The largest absolute Gasteiger partial charge is 0.379 e. The zero-order chi connectivity index (χ0) is 14.1. The Balaban J connectivity index is 1.89. The van der Waals surface area contributed by atoms with Gasteiger partial charge in [-0.3, -0.25) is 4.98 Å². The Kier molecular flexibility index (Phi) is 3.18. The minimum absolute atomic E-state index is 0.823. The first-order chi connectivity index (χ1) is 9.66. The molecule has 1 N–H and O–H groups in total. The lowest BCUT2D eigenvalue weighted by atomic mass is 10.2. The number of hydrogen-bond acceptors (Lipinski definition) is 2. The van der Waals surface area contributed by atoms with Gasteiger partial charge in [0.1, 0.15) is 0 Å². The van der Waals surface area contributed by atoms with Gasteiger partial charge in [0.05, 0.1) is 11.2 Å². The van der Waals surface area contributed by atoms with Gasteiger partial charge in [0.25, 0.3) is 0 Å². The molecule has 0 unspecified atom stereocenters. The van der Waals surface area contributed by atoms with Gasteiger partial charge in [-0.15, -0.1) is 0 Å². The van der Waals surface area contributed by atoms with Crippen LogP contribution >= 0.6 is 0 Å². The number of nitrogens with one attached hydrogen (secondary N) is 1. The van der Waals surface area contributed by atoms with Crippen LogP contribution in [0.2, 0.25) is 0 Å². The Labute approximate surface area is 119 Å². The molecule has 0 spiro atoms. The van der Waals surface area contributed by atoms with E-state index < -0.39 is 0 Å². The van der Waals surface area contributed by atoms with Crippen LogP contribution in [0.4, 0.5) is 5.69 Å². The summed E-state index contributed by atoms with van der Waals surface area (Å²) in [6.45, 7) is 5.12. The molecule has 0 bridgehead atoms. The second-order valence-corrected chi connectivity index (χ2v) is 5.19. The number of aryl methyl sites for hydroxylation is 1. The van der Waals surface area contributed by atoms with Gasteiger partial charge < -0.3 is 9.88 Å². The van der Waals surface area contributed by atoms with Crippen molar-refractivity contribution in [3.63, 3.8) is 0 Å². The highest BCUT2D eigenvalue weighted by Gasteiger charge is 2.07. The zero-order valence-corrected chi connectivity index (χ0v) is 12.1. The van der Waals surface area contributed by atoms with E-state index in [0.717, 1.165) is 17.7 Å². The van der Waals surface area contributed by atoms with Gasteiger partial charge in [-0.25, -0.2) is 0 Å². The summed E-state index contributed by atoms with van der Waals surface area (Å²) in [5.74, 6) is 0. The summed E-state index contributed by atoms with van der Waals surface area (Å²) in [5.41, 5.74) is 6.04. The van der Waals surface area contributed by atoms with Crippen LogP contribution in [0, 0.1) is 13.8 Å². The van der Waals surface area contributed by atoms with Gasteiger partial charge in [-0.2, -0.15) is 0 Å². The van der Waals surface area contributed by atoms with Gasteiger partial charge in [0.15, 0.2) is 0 Å². The van der Waals surface area contributed by atoms with Crippen LogP contribution < -0.4 is 5.32 Å². The molecule has 0 saturated heterocycles. The second-order valence-electron chi connectivity index (χ2n) is 5.19. The van der Waals surface area contributed by atoms with Crippen molar-refractivity contribution in [3.05, 3.63) is 59.5 Å². The summed E-state index contributed by atoms with van der Waals surface area (Å²) < 4.78 is 2.22. The highest BCUT2D eigenvalue weighted by atomic mass is 15.0. The van der Waals surface area contributed by atoms with E-state index in [-0.39, 0.29) is 0 Å². The minimum atomic E-state index is 0.823. The first kappa shape index (κ1) is 12.7. The molecule has 1 aromatic carbocycles. The zero-order valence-electron chi connectivity index (χ0n) is 12.1. The van der Waals surface area contributed by atoms with E-state index in [1.54, 1.807) is 0 Å². The number of rotatable bonds is 3. The summed E-state index contributed by atoms with van der Waals surface area (Å²) in [5, 5.41) is 4.67. The molecule has 3 nitrogen and oxygen atoms in total. The van der Waals surface area contributed by atoms with Crippen molar-refractivity contribution in [2.24, 2.45) is 7.05 Å². The summed E-state index contributed by atoms with van der Waals surface area (Å²) in [6.07, 6.45) is 1.84. The maximum absolute atomic E-state index is 4.47. The first-order valence-corrected chi connectivity index (χ1v) is 6.86. The Hall–Kier alpha value is -2.29. The standard InChI is InChI=1S/C17H19N3/c1-12-10-15(13(2)20(12)3)11-19-16-8-4-6-14-7-5-9-18-17(14)16/h4-10,19H,11H2,1-3H3. The normalized spacial score (nSPS) is 10.9. The Morgan fingerprint density at radius 1 is 1.15 bits per heavy atom. The molecule has 0 radical (unpaired) electrons. The molecule has 0 aliphatic heterocycles. The summed E-state index contributed by atoms with van der Waals surface area (Å²) in [4.78, 5) is 4.47. The van der Waals surface area contributed by atoms with Crippen LogP contribution in [-0.2, 0) is 13.6 Å². The van der Waals surface area contributed by atoms with Gasteiger partial charge in [-0.1, -0.05) is 18.2 Å². The second kappa shape index (κ2) is 5.00. The van der Waals surface area contributed by atoms with Crippen LogP contribution in [0.25, 0.3) is 10.9 Å². The van der Waals surface area contributed by atoms with E-state index >= 15 is 0 Å². The average molecular weight is 265 g/mol. The van der Waals surface area contributed by atoms with E-state index in [4.69, 9.17) is 0 Å². The monoisotopic (exact) mass is 265 g/mol. The van der Waals surface area contributed by atoms with Crippen molar-refractivity contribution in [3.8, 4) is 0 Å². The Bertz CT molecular complexity index is 751. The van der Waals surface area contributed by atoms with Crippen molar-refractivity contribution in [2.45, 2.75) is 20.4 Å². The molecule has 0 fully saturated rings. The minimum Gasteiger partial charge on any atom is -0.379 e. The van der Waals surface area contributed by atoms with Crippen LogP contribution in [0.3, 0.4) is 0 Å². The fourth-order valence-corrected chi connectivity index (χ4v) is 2.55. The Morgan fingerprint density at radius 3 is 2.70 bits per heavy atom. The van der Waals surface area contributed by atoms with E-state index in [0.29, 0.717) is 0 Å². The molecule has 3 rings (SSSR count). The molecule has 0 amide bonds. The fourth-order valence-electron chi connectivity index (χ4n) is 2.55. The molecular formula is C17H19N3. The lowest BCUT2D eigenvalue weighted by molar-refractivity contribution is 0.837. The SMILES string of the molecule is Cc1cc(CNc2cccc3cccnc23)c(C)n1C. The number of anilines is 1. The molecule has 0 saturated carbocycles. The van der Waals surface area contributed by atoms with E-state index in [9.17, 15) is 0 Å². The van der Waals surface area contributed by atoms with Crippen LogP contribution in [0.15, 0.2) is 42.6 Å². The Morgan fingerprint density at radius 2 is 1.95 bits per heavy atom. The third-order valence-electron chi connectivity index (χ3n) is 3.98. The summed E-state index contributed by atoms with van der Waals surface area (Å²) in [6, 6.07) is 12.5. The highest BCUT2D eigenvalue weighted by molar-refractivity contribution is 5.90. The van der Waals surface area contributed by atoms with Gasteiger partial charge in [0.2, 0.25) is 0 Å². The number of fused-ring (bicyclic) bond motifs is 1. The van der Waals surface area contributed by atoms with E-state index in [1.165, 1.54) is 22.3 Å². The first-order valence-electron chi connectivity index (χ1n) is 6.86. The van der Waals surface area contributed by atoms with Crippen LogP contribution in [-0.4, -0.2) is 9.55 Å². The lowest BCUT2D eigenvalue weighted by Crippen LogP contribution is -2.02. The van der Waals surface area contributed by atoms with E-state index in [1.807, 2.05) is 12.3 Å². The van der Waals surface area contributed by atoms with Crippen molar-refractivity contribution in [2.75, 3.05) is 5.32 Å². The maximum Gasteiger partial charge on any atom is 0.0933 e. The summed E-state index contributed by atoms with van der Waals surface area (Å²) in [7, 11) is 2.10. The van der Waals surface area contributed by atoms with Gasteiger partial charge >= 0.3 is 0 Å². The van der Waals surface area contributed by atoms with E-state index in [2.05, 4.69) is 66.1 Å². The molecule has 2 aromatic heterocycles. The van der Waals surface area contributed by atoms with Crippen LogP contribution in [0.5, 0.6) is 0 Å². The lowest BCUT2D eigenvalue weighted by Gasteiger charge is -2.09. The summed E-state index contributed by atoms with van der Waals surface area (Å²) >= 11 is 0. The average Bonchev–Trinajstić information content (AvgIpc) is 2.72. The topological polar surface area (TPSA) is 29.9 Å². The molecule has 0 aliphatic rings. The third-order valence-corrected chi connectivity index (χ3v) is 3.98. The molecule has 102 valence electrons. The quantitative estimate of drug-likeness (QED) is 0.780. The number of nitrogens with zero attached hydrogens (tertiary/aromatic N) is 2.